The van der Waals surface area contributed by atoms with E-state index in [9.17, 15) is 19.8 Å². The van der Waals surface area contributed by atoms with E-state index < -0.39 is 24.1 Å². The summed E-state index contributed by atoms with van der Waals surface area (Å²) >= 11 is 0. The molecule has 264 valence electrons. The highest BCUT2D eigenvalue weighted by atomic mass is 17.2. The van der Waals surface area contributed by atoms with Gasteiger partial charge in [-0.3, -0.25) is 9.78 Å². The van der Waals surface area contributed by atoms with Crippen LogP contribution in [0, 0.1) is 0 Å². The van der Waals surface area contributed by atoms with Gasteiger partial charge in [-0.2, -0.15) is 9.78 Å². The number of rotatable bonds is 32. The average Bonchev–Trinajstić information content (AvgIpc) is 3.03. The van der Waals surface area contributed by atoms with E-state index >= 15 is 0 Å². The van der Waals surface area contributed by atoms with E-state index in [0.29, 0.717) is 26.1 Å². The molecule has 2 unspecified atom stereocenters. The lowest BCUT2D eigenvalue weighted by molar-refractivity contribution is -0.279. The molecule has 0 heterocycles. The first-order valence-corrected chi connectivity index (χ1v) is 18.5. The molecule has 0 aliphatic rings. The zero-order valence-corrected chi connectivity index (χ0v) is 29.3. The standard InChI is InChI=1S/2C18H36O4/c2*1-3-5-7-9-11-13-15-17(19)18(20)22-21-16-14-12-10-8-6-4-2/h2*17,19H,3-16H2,1-2H3. The Bertz CT molecular complexity index is 536. The maximum absolute atomic E-state index is 11.5. The SMILES string of the molecule is CCCCCCCCOOC(=O)C(O)CCCCCCCC.CCCCCCCCOOC(=O)C(O)CCCCCCCC. The lowest BCUT2D eigenvalue weighted by Crippen LogP contribution is -2.23. The van der Waals surface area contributed by atoms with Crippen molar-refractivity contribution in [1.82, 2.24) is 0 Å². The minimum absolute atomic E-state index is 0.418. The number of carbonyl (C=O) groups is 2. The fourth-order valence-electron chi connectivity index (χ4n) is 4.66. The Morgan fingerprint density at radius 3 is 0.955 bits per heavy atom. The summed E-state index contributed by atoms with van der Waals surface area (Å²) in [6.45, 7) is 9.59. The van der Waals surface area contributed by atoms with Crippen LogP contribution in [0.25, 0.3) is 0 Å². The average molecular weight is 633 g/mol. The van der Waals surface area contributed by atoms with E-state index in [-0.39, 0.29) is 0 Å². The van der Waals surface area contributed by atoms with Crippen LogP contribution in [-0.2, 0) is 29.1 Å². The van der Waals surface area contributed by atoms with Gasteiger partial charge in [0.15, 0.2) is 12.2 Å². The van der Waals surface area contributed by atoms with Crippen molar-refractivity contribution in [3.8, 4) is 0 Å². The van der Waals surface area contributed by atoms with Crippen molar-refractivity contribution in [3.63, 3.8) is 0 Å². The van der Waals surface area contributed by atoms with E-state index in [4.69, 9.17) is 9.78 Å². The van der Waals surface area contributed by atoms with Crippen molar-refractivity contribution >= 4 is 11.9 Å². The summed E-state index contributed by atoms with van der Waals surface area (Å²) in [7, 11) is 0. The molecular formula is C36H72O8. The van der Waals surface area contributed by atoms with Crippen LogP contribution in [0.15, 0.2) is 0 Å². The van der Waals surface area contributed by atoms with Gasteiger partial charge in [-0.25, -0.2) is 9.59 Å². The summed E-state index contributed by atoms with van der Waals surface area (Å²) < 4.78 is 0. The predicted octanol–water partition coefficient (Wildman–Crippen LogP) is 9.87. The third kappa shape index (κ3) is 35.3. The molecular weight excluding hydrogens is 560 g/mol. The second kappa shape index (κ2) is 38.0. The molecule has 0 rings (SSSR count). The van der Waals surface area contributed by atoms with Crippen LogP contribution in [0.5, 0.6) is 0 Å². The van der Waals surface area contributed by atoms with Crippen LogP contribution < -0.4 is 0 Å². The van der Waals surface area contributed by atoms with Gasteiger partial charge in [0.05, 0.1) is 13.2 Å². The molecule has 0 spiro atoms. The van der Waals surface area contributed by atoms with E-state index in [0.717, 1.165) is 51.4 Å². The largest absolute Gasteiger partial charge is 0.381 e. The second-order valence-corrected chi connectivity index (χ2v) is 12.1. The van der Waals surface area contributed by atoms with Gasteiger partial charge in [0.1, 0.15) is 0 Å². The molecule has 0 amide bonds. The normalized spacial score (nSPS) is 12.3. The molecule has 0 aromatic carbocycles. The third-order valence-electron chi connectivity index (χ3n) is 7.65. The molecule has 0 aromatic heterocycles. The highest BCUT2D eigenvalue weighted by Gasteiger charge is 2.18. The van der Waals surface area contributed by atoms with Gasteiger partial charge in [-0.15, -0.1) is 0 Å². The highest BCUT2D eigenvalue weighted by molar-refractivity contribution is 5.73. The molecule has 0 saturated heterocycles. The van der Waals surface area contributed by atoms with Gasteiger partial charge >= 0.3 is 11.9 Å². The minimum atomic E-state index is -1.05. The van der Waals surface area contributed by atoms with Gasteiger partial charge < -0.3 is 10.2 Å². The van der Waals surface area contributed by atoms with Crippen LogP contribution in [-0.4, -0.2) is 47.6 Å². The predicted molar refractivity (Wildman–Crippen MR) is 179 cm³/mol. The Morgan fingerprint density at radius 2 is 0.659 bits per heavy atom. The number of unbranched alkanes of at least 4 members (excludes halogenated alkanes) is 20. The molecule has 0 fully saturated rings. The van der Waals surface area contributed by atoms with Gasteiger partial charge in [0, 0.05) is 0 Å². The van der Waals surface area contributed by atoms with Crippen LogP contribution in [0.3, 0.4) is 0 Å². The van der Waals surface area contributed by atoms with Crippen molar-refractivity contribution in [2.45, 2.75) is 207 Å². The molecule has 0 radical (unpaired) electrons. The summed E-state index contributed by atoms with van der Waals surface area (Å²) in [5.41, 5.74) is 0. The van der Waals surface area contributed by atoms with Crippen molar-refractivity contribution in [3.05, 3.63) is 0 Å². The van der Waals surface area contributed by atoms with E-state index in [1.807, 2.05) is 0 Å². The van der Waals surface area contributed by atoms with Crippen molar-refractivity contribution in [1.29, 1.82) is 0 Å². The van der Waals surface area contributed by atoms with Gasteiger partial charge in [-0.05, 0) is 25.7 Å². The molecule has 8 heteroatoms. The summed E-state index contributed by atoms with van der Waals surface area (Å²) in [6, 6.07) is 0. The molecule has 2 N–H and O–H groups in total. The van der Waals surface area contributed by atoms with Gasteiger partial charge in [0.2, 0.25) is 0 Å². The van der Waals surface area contributed by atoms with Crippen LogP contribution in [0.4, 0.5) is 0 Å². The molecule has 0 aromatic rings. The quantitative estimate of drug-likeness (QED) is 0.0428. The Morgan fingerprint density at radius 1 is 0.409 bits per heavy atom. The smallest absolute Gasteiger partial charge is 0.370 e. The van der Waals surface area contributed by atoms with E-state index in [1.165, 1.54) is 103 Å². The summed E-state index contributed by atoms with van der Waals surface area (Å²) in [6.07, 6.45) is 26.4. The number of hydrogen-bond acceptors (Lipinski definition) is 8. The maximum Gasteiger partial charge on any atom is 0.370 e. The fraction of sp³-hybridized carbons (Fsp3) is 0.944. The summed E-state index contributed by atoms with van der Waals surface area (Å²) in [4.78, 5) is 42.0. The molecule has 8 nitrogen and oxygen atoms in total. The number of hydrogen-bond donors (Lipinski definition) is 2. The van der Waals surface area contributed by atoms with Gasteiger partial charge in [0.25, 0.3) is 0 Å². The van der Waals surface area contributed by atoms with Crippen LogP contribution in [0.2, 0.25) is 0 Å². The molecule has 44 heavy (non-hydrogen) atoms. The zero-order valence-electron chi connectivity index (χ0n) is 29.3. The lowest BCUT2D eigenvalue weighted by atomic mass is 10.1. The lowest BCUT2D eigenvalue weighted by Gasteiger charge is -2.09. The Balaban J connectivity index is 0. The number of aliphatic hydroxyl groups excluding tert-OH is 2. The van der Waals surface area contributed by atoms with Crippen molar-refractivity contribution < 1.29 is 39.4 Å². The molecule has 0 saturated carbocycles. The minimum Gasteiger partial charge on any atom is -0.381 e. The zero-order chi connectivity index (χ0) is 32.9. The highest BCUT2D eigenvalue weighted by Crippen LogP contribution is 2.11. The first-order valence-electron chi connectivity index (χ1n) is 18.5. The van der Waals surface area contributed by atoms with Crippen LogP contribution >= 0.6 is 0 Å². The number of carbonyl (C=O) groups excluding carboxylic acids is 2. The fourth-order valence-corrected chi connectivity index (χ4v) is 4.66. The molecule has 2 atom stereocenters. The maximum atomic E-state index is 11.5. The van der Waals surface area contributed by atoms with Crippen molar-refractivity contribution in [2.24, 2.45) is 0 Å². The van der Waals surface area contributed by atoms with Crippen LogP contribution in [0.1, 0.15) is 195 Å². The first kappa shape index (κ1) is 44.9. The van der Waals surface area contributed by atoms with Crippen molar-refractivity contribution in [2.75, 3.05) is 13.2 Å². The van der Waals surface area contributed by atoms with Gasteiger partial charge in [-0.1, -0.05) is 169 Å². The third-order valence-corrected chi connectivity index (χ3v) is 7.65. The first-order chi connectivity index (χ1) is 21.4. The van der Waals surface area contributed by atoms with E-state index in [2.05, 4.69) is 37.5 Å². The molecule has 0 aliphatic carbocycles. The summed E-state index contributed by atoms with van der Waals surface area (Å²) in [5, 5.41) is 19.3. The molecule has 0 aliphatic heterocycles. The molecule has 0 bridgehead atoms. The Labute approximate surface area is 271 Å². The van der Waals surface area contributed by atoms with E-state index in [1.54, 1.807) is 0 Å². The monoisotopic (exact) mass is 633 g/mol. The number of aliphatic hydroxyl groups is 2. The Hall–Kier alpha value is -1.22. The Kier molecular flexibility index (Phi) is 38.7. The summed E-state index contributed by atoms with van der Waals surface area (Å²) in [5.74, 6) is -1.31. The topological polar surface area (TPSA) is 112 Å². The second-order valence-electron chi connectivity index (χ2n) is 12.1.